The SMILES string of the molecule is CCOC(=O)CCCC(=O)N/C(=N/O)c1ncc([N+](=O)[O-])cc1Cl. The first-order valence-electron chi connectivity index (χ1n) is 6.86. The molecule has 0 bridgehead atoms. The first-order chi connectivity index (χ1) is 11.4. The van der Waals surface area contributed by atoms with Gasteiger partial charge in [-0.25, -0.2) is 4.98 Å². The highest BCUT2D eigenvalue weighted by atomic mass is 35.5. The number of halogens is 1. The summed E-state index contributed by atoms with van der Waals surface area (Å²) in [5.41, 5.74) is -0.467. The molecule has 1 rings (SSSR count). The molecule has 0 saturated heterocycles. The Balaban J connectivity index is 2.66. The van der Waals surface area contributed by atoms with Gasteiger partial charge in [-0.15, -0.1) is 0 Å². The van der Waals surface area contributed by atoms with Crippen LogP contribution in [-0.2, 0) is 14.3 Å². The largest absolute Gasteiger partial charge is 0.466 e. The number of nitro groups is 1. The quantitative estimate of drug-likeness (QED) is 0.188. The number of hydrogen-bond acceptors (Lipinski definition) is 8. The normalized spacial score (nSPS) is 11.0. The monoisotopic (exact) mass is 358 g/mol. The minimum atomic E-state index is -0.688. The summed E-state index contributed by atoms with van der Waals surface area (Å²) in [6.45, 7) is 1.94. The molecule has 1 aromatic rings. The first kappa shape index (κ1) is 19.3. The zero-order chi connectivity index (χ0) is 18.1. The lowest BCUT2D eigenvalue weighted by Gasteiger charge is -2.08. The molecule has 11 heteroatoms. The zero-order valence-corrected chi connectivity index (χ0v) is 13.4. The van der Waals surface area contributed by atoms with Gasteiger partial charge >= 0.3 is 5.97 Å². The summed E-state index contributed by atoms with van der Waals surface area (Å²) >= 11 is 5.84. The number of esters is 1. The molecule has 10 nitrogen and oxygen atoms in total. The van der Waals surface area contributed by atoms with Crippen molar-refractivity contribution in [1.82, 2.24) is 10.3 Å². The van der Waals surface area contributed by atoms with Gasteiger partial charge in [0.05, 0.1) is 16.6 Å². The molecule has 0 saturated carbocycles. The smallest absolute Gasteiger partial charge is 0.305 e. The van der Waals surface area contributed by atoms with E-state index in [4.69, 9.17) is 21.5 Å². The summed E-state index contributed by atoms with van der Waals surface area (Å²) in [4.78, 5) is 36.6. The minimum absolute atomic E-state index is 0.0254. The van der Waals surface area contributed by atoms with Crippen molar-refractivity contribution in [3.05, 3.63) is 33.1 Å². The molecule has 1 aromatic heterocycles. The van der Waals surface area contributed by atoms with Gasteiger partial charge in [0.2, 0.25) is 5.91 Å². The molecule has 1 amide bonds. The molecule has 0 atom stereocenters. The Morgan fingerprint density at radius 2 is 2.21 bits per heavy atom. The van der Waals surface area contributed by atoms with Crippen LogP contribution in [0.3, 0.4) is 0 Å². The number of oxime groups is 1. The van der Waals surface area contributed by atoms with Crippen LogP contribution in [0.15, 0.2) is 17.4 Å². The van der Waals surface area contributed by atoms with Gasteiger partial charge in [-0.2, -0.15) is 0 Å². The third kappa shape index (κ3) is 5.80. The van der Waals surface area contributed by atoms with E-state index in [0.717, 1.165) is 12.3 Å². The van der Waals surface area contributed by atoms with Crippen molar-refractivity contribution in [1.29, 1.82) is 0 Å². The number of pyridine rings is 1. The second kappa shape index (κ2) is 9.40. The van der Waals surface area contributed by atoms with E-state index in [1.807, 2.05) is 0 Å². The van der Waals surface area contributed by atoms with Gasteiger partial charge in [-0.1, -0.05) is 16.8 Å². The number of aromatic nitrogens is 1. The number of amidine groups is 1. The average Bonchev–Trinajstić information content (AvgIpc) is 2.53. The third-order valence-electron chi connectivity index (χ3n) is 2.71. The number of nitrogens with one attached hydrogen (secondary N) is 1. The Hall–Kier alpha value is -2.75. The second-order valence-electron chi connectivity index (χ2n) is 4.44. The average molecular weight is 359 g/mol. The van der Waals surface area contributed by atoms with E-state index in [9.17, 15) is 19.7 Å². The summed E-state index contributed by atoms with van der Waals surface area (Å²) in [6, 6.07) is 1.02. The lowest BCUT2D eigenvalue weighted by molar-refractivity contribution is -0.385. The van der Waals surface area contributed by atoms with Crippen LogP contribution >= 0.6 is 11.6 Å². The molecule has 0 aliphatic rings. The summed E-state index contributed by atoms with van der Waals surface area (Å²) in [6.07, 6.45) is 1.20. The van der Waals surface area contributed by atoms with Gasteiger partial charge in [0, 0.05) is 18.9 Å². The molecule has 0 aromatic carbocycles. The second-order valence-corrected chi connectivity index (χ2v) is 4.84. The van der Waals surface area contributed by atoms with Gasteiger partial charge in [-0.05, 0) is 13.3 Å². The Morgan fingerprint density at radius 1 is 1.50 bits per heavy atom. The molecule has 130 valence electrons. The van der Waals surface area contributed by atoms with Crippen LogP contribution in [0.2, 0.25) is 5.02 Å². The summed E-state index contributed by atoms with van der Waals surface area (Å²) in [5.74, 6) is -1.30. The van der Waals surface area contributed by atoms with Gasteiger partial charge < -0.3 is 15.3 Å². The number of rotatable bonds is 7. The minimum Gasteiger partial charge on any atom is -0.466 e. The molecule has 0 radical (unpaired) electrons. The first-order valence-corrected chi connectivity index (χ1v) is 7.24. The molecule has 24 heavy (non-hydrogen) atoms. The standard InChI is InChI=1S/C13H15ClN4O6/c1-2-24-11(20)5-3-4-10(19)16-13(17-21)12-9(14)6-8(7-15-12)18(22)23/h6-7,21H,2-5H2,1H3,(H,16,17,19). The van der Waals surface area contributed by atoms with Gasteiger partial charge in [-0.3, -0.25) is 19.7 Å². The highest BCUT2D eigenvalue weighted by Gasteiger charge is 2.18. The summed E-state index contributed by atoms with van der Waals surface area (Å²) in [5, 5.41) is 24.6. The number of carbonyl (C=O) groups is 2. The fraction of sp³-hybridized carbons (Fsp3) is 0.385. The molecule has 0 aliphatic heterocycles. The Labute approximate surface area is 141 Å². The predicted molar refractivity (Wildman–Crippen MR) is 82.9 cm³/mol. The van der Waals surface area contributed by atoms with Crippen molar-refractivity contribution in [2.75, 3.05) is 6.61 Å². The van der Waals surface area contributed by atoms with E-state index < -0.39 is 16.8 Å². The lowest BCUT2D eigenvalue weighted by atomic mass is 10.2. The Bertz CT molecular complexity index is 664. The predicted octanol–water partition coefficient (Wildman–Crippen LogP) is 1.63. The van der Waals surface area contributed by atoms with Gasteiger partial charge in [0.15, 0.2) is 5.84 Å². The lowest BCUT2D eigenvalue weighted by Crippen LogP contribution is -2.32. The van der Waals surface area contributed by atoms with E-state index >= 15 is 0 Å². The van der Waals surface area contributed by atoms with E-state index in [-0.39, 0.29) is 48.1 Å². The topological polar surface area (TPSA) is 144 Å². The zero-order valence-electron chi connectivity index (χ0n) is 12.7. The number of amides is 1. The van der Waals surface area contributed by atoms with E-state index in [0.29, 0.717) is 0 Å². The fourth-order valence-electron chi connectivity index (χ4n) is 1.65. The highest BCUT2D eigenvalue weighted by molar-refractivity contribution is 6.34. The van der Waals surface area contributed by atoms with Crippen LogP contribution in [0.5, 0.6) is 0 Å². The maximum Gasteiger partial charge on any atom is 0.305 e. The molecule has 0 aliphatic carbocycles. The van der Waals surface area contributed by atoms with E-state index in [1.165, 1.54) is 0 Å². The molecule has 2 N–H and O–H groups in total. The van der Waals surface area contributed by atoms with E-state index in [2.05, 4.69) is 15.5 Å². The van der Waals surface area contributed by atoms with Crippen LogP contribution in [0.25, 0.3) is 0 Å². The third-order valence-corrected chi connectivity index (χ3v) is 3.00. The van der Waals surface area contributed by atoms with Crippen molar-refractivity contribution >= 4 is 35.0 Å². The van der Waals surface area contributed by atoms with Crippen LogP contribution in [0.4, 0.5) is 5.69 Å². The molecule has 0 spiro atoms. The molecular formula is C13H15ClN4O6. The number of nitrogens with zero attached hydrogens (tertiary/aromatic N) is 3. The van der Waals surface area contributed by atoms with Crippen LogP contribution in [0.1, 0.15) is 31.9 Å². The Morgan fingerprint density at radius 3 is 2.75 bits per heavy atom. The maximum atomic E-state index is 11.8. The van der Waals surface area contributed by atoms with Crippen molar-refractivity contribution in [2.45, 2.75) is 26.2 Å². The van der Waals surface area contributed by atoms with Crippen molar-refractivity contribution in [3.63, 3.8) is 0 Å². The van der Waals surface area contributed by atoms with Crippen molar-refractivity contribution in [3.8, 4) is 0 Å². The fourth-order valence-corrected chi connectivity index (χ4v) is 1.90. The molecule has 0 unspecified atom stereocenters. The van der Waals surface area contributed by atoms with Gasteiger partial charge in [0.25, 0.3) is 5.69 Å². The van der Waals surface area contributed by atoms with Crippen LogP contribution < -0.4 is 5.32 Å². The Kier molecular flexibility index (Phi) is 7.56. The number of hydrogen-bond donors (Lipinski definition) is 2. The maximum absolute atomic E-state index is 11.8. The summed E-state index contributed by atoms with van der Waals surface area (Å²) < 4.78 is 4.72. The summed E-state index contributed by atoms with van der Waals surface area (Å²) in [7, 11) is 0. The van der Waals surface area contributed by atoms with Crippen LogP contribution in [0, 0.1) is 10.1 Å². The van der Waals surface area contributed by atoms with Crippen molar-refractivity contribution < 1.29 is 24.5 Å². The highest BCUT2D eigenvalue weighted by Crippen LogP contribution is 2.20. The van der Waals surface area contributed by atoms with E-state index in [1.54, 1.807) is 6.92 Å². The number of ether oxygens (including phenoxy) is 1. The number of carbonyl (C=O) groups excluding carboxylic acids is 2. The van der Waals surface area contributed by atoms with Crippen molar-refractivity contribution in [2.24, 2.45) is 5.16 Å². The van der Waals surface area contributed by atoms with Crippen LogP contribution in [-0.4, -0.2) is 39.4 Å². The molecule has 1 heterocycles. The van der Waals surface area contributed by atoms with Gasteiger partial charge in [0.1, 0.15) is 11.9 Å². The molecule has 0 fully saturated rings. The molecular weight excluding hydrogens is 344 g/mol.